The maximum atomic E-state index is 12.5. The van der Waals surface area contributed by atoms with Crippen molar-refractivity contribution in [2.24, 2.45) is 11.7 Å². The second-order valence-electron chi connectivity index (χ2n) is 5.18. The zero-order valence-corrected chi connectivity index (χ0v) is 13.6. The molecular weight excluding hydrogens is 292 g/mol. The second kappa shape index (κ2) is 8.00. The van der Waals surface area contributed by atoms with Crippen LogP contribution in [0.15, 0.2) is 30.3 Å². The predicted molar refractivity (Wildman–Crippen MR) is 84.0 cm³/mol. The van der Waals surface area contributed by atoms with Gasteiger partial charge in [0.1, 0.15) is 5.54 Å². The van der Waals surface area contributed by atoms with Crippen molar-refractivity contribution in [3.05, 3.63) is 35.9 Å². The first-order chi connectivity index (χ1) is 9.30. The summed E-state index contributed by atoms with van der Waals surface area (Å²) in [4.78, 5) is 25.3. The van der Waals surface area contributed by atoms with E-state index in [9.17, 15) is 9.59 Å². The van der Waals surface area contributed by atoms with Crippen LogP contribution in [0.3, 0.4) is 0 Å². The number of esters is 1. The van der Waals surface area contributed by atoms with Crippen LogP contribution in [0.25, 0.3) is 0 Å². The summed E-state index contributed by atoms with van der Waals surface area (Å²) in [6, 6.07) is 9.17. The minimum absolute atomic E-state index is 0. The lowest BCUT2D eigenvalue weighted by molar-refractivity contribution is -0.146. The smallest absolute Gasteiger partial charge is 0.310 e. The Bertz CT molecular complexity index is 477. The maximum Gasteiger partial charge on any atom is 0.310 e. The van der Waals surface area contributed by atoms with Gasteiger partial charge in [0.2, 0.25) is 5.91 Å². The van der Waals surface area contributed by atoms with E-state index in [1.54, 1.807) is 20.9 Å². The van der Waals surface area contributed by atoms with Gasteiger partial charge in [-0.1, -0.05) is 37.3 Å². The van der Waals surface area contributed by atoms with Gasteiger partial charge >= 0.3 is 5.97 Å². The SMILES string of the molecule is COC(=O)C(C)CN(C)C(=O)C(C)(N)c1ccccc1.Cl. The number of ether oxygens (including phenoxy) is 1. The van der Waals surface area contributed by atoms with Crippen molar-refractivity contribution in [3.63, 3.8) is 0 Å². The van der Waals surface area contributed by atoms with E-state index in [1.165, 1.54) is 12.0 Å². The molecule has 0 spiro atoms. The highest BCUT2D eigenvalue weighted by Gasteiger charge is 2.34. The normalized spacial score (nSPS) is 14.3. The summed E-state index contributed by atoms with van der Waals surface area (Å²) in [5.41, 5.74) is 5.78. The lowest BCUT2D eigenvalue weighted by Gasteiger charge is -2.30. The topological polar surface area (TPSA) is 72.6 Å². The molecule has 2 atom stereocenters. The van der Waals surface area contributed by atoms with Gasteiger partial charge in [-0.15, -0.1) is 12.4 Å². The maximum absolute atomic E-state index is 12.5. The Morgan fingerprint density at radius 3 is 2.33 bits per heavy atom. The van der Waals surface area contributed by atoms with Crippen molar-refractivity contribution in [2.75, 3.05) is 20.7 Å². The number of methoxy groups -OCH3 is 1. The molecule has 6 heteroatoms. The van der Waals surface area contributed by atoms with E-state index in [2.05, 4.69) is 4.74 Å². The number of amides is 1. The van der Waals surface area contributed by atoms with Crippen LogP contribution >= 0.6 is 12.4 Å². The summed E-state index contributed by atoms with van der Waals surface area (Å²) >= 11 is 0. The molecule has 0 bridgehead atoms. The number of nitrogens with two attached hydrogens (primary N) is 1. The van der Waals surface area contributed by atoms with Crippen molar-refractivity contribution in [3.8, 4) is 0 Å². The second-order valence-corrected chi connectivity index (χ2v) is 5.18. The monoisotopic (exact) mass is 314 g/mol. The lowest BCUT2D eigenvalue weighted by Crippen LogP contribution is -2.51. The Kier molecular flexibility index (Phi) is 7.39. The molecule has 0 aliphatic heterocycles. The number of hydrogen-bond acceptors (Lipinski definition) is 4. The average molecular weight is 315 g/mol. The molecule has 0 saturated carbocycles. The third kappa shape index (κ3) is 4.72. The van der Waals surface area contributed by atoms with Gasteiger partial charge in [0, 0.05) is 13.6 Å². The zero-order chi connectivity index (χ0) is 15.3. The van der Waals surface area contributed by atoms with Crippen LogP contribution in [-0.2, 0) is 19.9 Å². The van der Waals surface area contributed by atoms with Gasteiger partial charge < -0.3 is 15.4 Å². The van der Waals surface area contributed by atoms with Crippen LogP contribution < -0.4 is 5.73 Å². The average Bonchev–Trinajstić information content (AvgIpc) is 2.46. The molecule has 0 fully saturated rings. The van der Waals surface area contributed by atoms with Crippen molar-refractivity contribution >= 4 is 24.3 Å². The van der Waals surface area contributed by atoms with Crippen molar-refractivity contribution < 1.29 is 14.3 Å². The van der Waals surface area contributed by atoms with Crippen LogP contribution in [0.1, 0.15) is 19.4 Å². The fourth-order valence-electron chi connectivity index (χ4n) is 2.07. The molecule has 0 aliphatic carbocycles. The number of hydrogen-bond donors (Lipinski definition) is 1. The van der Waals surface area contributed by atoms with Gasteiger partial charge in [-0.25, -0.2) is 0 Å². The largest absolute Gasteiger partial charge is 0.469 e. The van der Waals surface area contributed by atoms with Crippen LogP contribution in [0, 0.1) is 5.92 Å². The van der Waals surface area contributed by atoms with Gasteiger partial charge in [0.05, 0.1) is 13.0 Å². The molecule has 21 heavy (non-hydrogen) atoms. The summed E-state index contributed by atoms with van der Waals surface area (Å²) < 4.78 is 4.65. The standard InChI is InChI=1S/C15H22N2O3.ClH/c1-11(13(18)20-4)10-17(3)14(19)15(2,16)12-8-6-5-7-9-12;/h5-9,11H,10,16H2,1-4H3;1H. The summed E-state index contributed by atoms with van der Waals surface area (Å²) in [6.45, 7) is 3.65. The van der Waals surface area contributed by atoms with Gasteiger partial charge in [-0.3, -0.25) is 9.59 Å². The van der Waals surface area contributed by atoms with E-state index in [0.29, 0.717) is 0 Å². The van der Waals surface area contributed by atoms with Crippen molar-refractivity contribution in [1.82, 2.24) is 4.90 Å². The quantitative estimate of drug-likeness (QED) is 0.837. The number of likely N-dealkylation sites (N-methyl/N-ethyl adjacent to an activating group) is 1. The van der Waals surface area contributed by atoms with E-state index in [0.717, 1.165) is 5.56 Å². The highest BCUT2D eigenvalue weighted by molar-refractivity contribution is 5.87. The van der Waals surface area contributed by atoms with Crippen molar-refractivity contribution in [2.45, 2.75) is 19.4 Å². The fourth-order valence-corrected chi connectivity index (χ4v) is 2.07. The molecule has 0 aliphatic rings. The molecule has 0 heterocycles. The van der Waals surface area contributed by atoms with Gasteiger partial charge in [-0.2, -0.15) is 0 Å². The summed E-state index contributed by atoms with van der Waals surface area (Å²) in [5, 5.41) is 0. The van der Waals surface area contributed by atoms with Gasteiger partial charge in [0.25, 0.3) is 0 Å². The molecule has 1 amide bonds. The minimum atomic E-state index is -1.12. The molecule has 0 radical (unpaired) electrons. The molecule has 1 aromatic carbocycles. The number of carbonyl (C=O) groups excluding carboxylic acids is 2. The molecule has 0 aromatic heterocycles. The van der Waals surface area contributed by atoms with E-state index in [1.807, 2.05) is 30.3 Å². The third-order valence-electron chi connectivity index (χ3n) is 3.32. The van der Waals surface area contributed by atoms with E-state index in [4.69, 9.17) is 5.73 Å². The van der Waals surface area contributed by atoms with Crippen molar-refractivity contribution in [1.29, 1.82) is 0 Å². The van der Waals surface area contributed by atoms with Crippen LogP contribution in [-0.4, -0.2) is 37.5 Å². The number of carbonyl (C=O) groups is 2. The van der Waals surface area contributed by atoms with Crippen LogP contribution in [0.5, 0.6) is 0 Å². The van der Waals surface area contributed by atoms with Gasteiger partial charge in [-0.05, 0) is 12.5 Å². The highest BCUT2D eigenvalue weighted by atomic mass is 35.5. The lowest BCUT2D eigenvalue weighted by atomic mass is 9.91. The van der Waals surface area contributed by atoms with Crippen LogP contribution in [0.4, 0.5) is 0 Å². The molecule has 0 saturated heterocycles. The van der Waals surface area contributed by atoms with E-state index < -0.39 is 5.54 Å². The van der Waals surface area contributed by atoms with Crippen LogP contribution in [0.2, 0.25) is 0 Å². The van der Waals surface area contributed by atoms with E-state index in [-0.39, 0.29) is 36.7 Å². The summed E-state index contributed by atoms with van der Waals surface area (Å²) in [6.07, 6.45) is 0. The Morgan fingerprint density at radius 2 is 1.86 bits per heavy atom. The van der Waals surface area contributed by atoms with E-state index >= 15 is 0 Å². The molecular formula is C15H23ClN2O3. The van der Waals surface area contributed by atoms with Gasteiger partial charge in [0.15, 0.2) is 0 Å². The Labute approximate surface area is 131 Å². The first-order valence-electron chi connectivity index (χ1n) is 6.48. The number of benzene rings is 1. The molecule has 2 N–H and O–H groups in total. The molecule has 5 nitrogen and oxygen atoms in total. The summed E-state index contributed by atoms with van der Waals surface area (Å²) in [5.74, 6) is -0.969. The Hall–Kier alpha value is -1.59. The number of nitrogens with zero attached hydrogens (tertiary/aromatic N) is 1. The minimum Gasteiger partial charge on any atom is -0.469 e. The first-order valence-corrected chi connectivity index (χ1v) is 6.48. The highest BCUT2D eigenvalue weighted by Crippen LogP contribution is 2.20. The molecule has 2 unspecified atom stereocenters. The Morgan fingerprint density at radius 1 is 1.33 bits per heavy atom. The number of rotatable bonds is 5. The molecule has 1 aromatic rings. The predicted octanol–water partition coefficient (Wildman–Crippen LogP) is 1.55. The molecule has 1 rings (SSSR count). The molecule has 118 valence electrons. The Balaban J connectivity index is 0.00000400. The fraction of sp³-hybridized carbons (Fsp3) is 0.467. The zero-order valence-electron chi connectivity index (χ0n) is 12.8. The third-order valence-corrected chi connectivity index (χ3v) is 3.32. The first kappa shape index (κ1) is 19.4. The summed E-state index contributed by atoms with van der Waals surface area (Å²) in [7, 11) is 2.97. The number of halogens is 1.